The lowest BCUT2D eigenvalue weighted by Crippen LogP contribution is -2.66. The molecule has 0 bridgehead atoms. The molecule has 1 N–H and O–H groups in total. The fraction of sp³-hybridized carbons (Fsp3) is 0.262. The maximum atomic E-state index is 14.3. The van der Waals surface area contributed by atoms with Gasteiger partial charge in [0.1, 0.15) is 43.2 Å². The van der Waals surface area contributed by atoms with E-state index >= 15 is 0 Å². The highest BCUT2D eigenvalue weighted by Gasteiger charge is 2.56. The van der Waals surface area contributed by atoms with Crippen molar-refractivity contribution in [3.8, 4) is 0 Å². The van der Waals surface area contributed by atoms with E-state index in [2.05, 4.69) is 0 Å². The van der Waals surface area contributed by atoms with Crippen molar-refractivity contribution in [3.05, 3.63) is 251 Å². The monoisotopic (exact) mass is 1010 g/mol. The normalized spacial score (nSPS) is 23.4. The van der Waals surface area contributed by atoms with Crippen molar-refractivity contribution in [2.75, 3.05) is 13.2 Å². The number of carbonyl (C=O) groups is 3. The van der Waals surface area contributed by atoms with Crippen LogP contribution in [0, 0.1) is 0 Å². The topological polar surface area (TPSA) is 164 Å². The summed E-state index contributed by atoms with van der Waals surface area (Å²) in [4.78, 5) is 41.8. The minimum Gasteiger partial charge on any atom is -0.459 e. The second-order valence-corrected chi connectivity index (χ2v) is 17.9. The van der Waals surface area contributed by atoms with E-state index in [4.69, 9.17) is 47.4 Å². The predicted octanol–water partition coefficient (Wildman–Crippen LogP) is 9.09. The molecule has 10 atom stereocenters. The summed E-state index contributed by atoms with van der Waals surface area (Å²) < 4.78 is 65.8. The second kappa shape index (κ2) is 26.7. The summed E-state index contributed by atoms with van der Waals surface area (Å²) in [6.07, 6.45) is -13.6. The average Bonchev–Trinajstić information content (AvgIpc) is 3.46. The number of benzene rings is 7. The van der Waals surface area contributed by atoms with Crippen LogP contribution in [-0.2, 0) is 73.8 Å². The van der Waals surface area contributed by atoms with Gasteiger partial charge in [0.25, 0.3) is 0 Å². The quantitative estimate of drug-likeness (QED) is 0.0505. The molecule has 0 spiro atoms. The zero-order valence-electron chi connectivity index (χ0n) is 41.0. The van der Waals surface area contributed by atoms with Gasteiger partial charge in [-0.05, 0) is 58.7 Å². The van der Waals surface area contributed by atoms with Gasteiger partial charge in [-0.25, -0.2) is 14.4 Å². The Kier molecular flexibility index (Phi) is 18.7. The molecule has 9 rings (SSSR count). The Hall–Kier alpha value is -7.37. The number of hydrogen-bond acceptors (Lipinski definition) is 14. The minimum absolute atomic E-state index is 0.0296. The van der Waals surface area contributed by atoms with Gasteiger partial charge < -0.3 is 52.5 Å². The molecule has 14 nitrogen and oxygen atoms in total. The maximum Gasteiger partial charge on any atom is 0.338 e. The van der Waals surface area contributed by atoms with Crippen molar-refractivity contribution in [1.82, 2.24) is 0 Å². The Morgan fingerprint density at radius 2 is 0.747 bits per heavy atom. The van der Waals surface area contributed by atoms with Gasteiger partial charge in [0.15, 0.2) is 24.8 Å². The van der Waals surface area contributed by atoms with Gasteiger partial charge in [0.2, 0.25) is 0 Å². The third-order valence-corrected chi connectivity index (χ3v) is 12.6. The van der Waals surface area contributed by atoms with Gasteiger partial charge in [0.05, 0.1) is 49.7 Å². The van der Waals surface area contributed by atoms with Crippen LogP contribution < -0.4 is 0 Å². The summed E-state index contributed by atoms with van der Waals surface area (Å²) in [6, 6.07) is 63.2. The van der Waals surface area contributed by atoms with Crippen LogP contribution in [-0.4, -0.2) is 97.6 Å². The Morgan fingerprint density at radius 1 is 0.373 bits per heavy atom. The number of carbonyl (C=O) groups excluding carboxylic acids is 3. The molecule has 2 aliphatic heterocycles. The lowest BCUT2D eigenvalue weighted by atomic mass is 9.95. The standard InChI is InChI=1S/C61H58O14/c62-57(46-30-16-5-17-31-46)70-41-50-52(73-58(63)47-32-18-6-19-33-47)54(55(60(65)71-50)74-59(64)48-34-20-7-21-35-48)75-61-56(69-39-45-28-14-4-15-29-45)53(68-38-44-26-12-3-13-27-44)51(67-37-43-24-10-2-11-25-43)49(72-61)40-66-36-42-22-8-1-9-23-42/h1-35,49-56,60-61,65H,36-41H2/t49-,50-,51+,52+,53+,54+,55-,56-,60+,61-/m1/s1. The molecule has 0 saturated carbocycles. The Labute approximate surface area is 435 Å². The molecule has 2 saturated heterocycles. The van der Waals surface area contributed by atoms with E-state index in [1.54, 1.807) is 91.0 Å². The highest BCUT2D eigenvalue weighted by atomic mass is 16.8. The van der Waals surface area contributed by atoms with E-state index in [1.807, 2.05) is 121 Å². The molecule has 386 valence electrons. The van der Waals surface area contributed by atoms with Gasteiger partial charge in [-0.15, -0.1) is 0 Å². The highest BCUT2D eigenvalue weighted by molar-refractivity contribution is 5.90. The van der Waals surface area contributed by atoms with Crippen LogP contribution in [0.4, 0.5) is 0 Å². The van der Waals surface area contributed by atoms with Crippen LogP contribution in [0.25, 0.3) is 0 Å². The van der Waals surface area contributed by atoms with Crippen LogP contribution in [0.15, 0.2) is 212 Å². The molecule has 2 fully saturated rings. The summed E-state index contributed by atoms with van der Waals surface area (Å²) in [5.41, 5.74) is 4.06. The zero-order valence-corrected chi connectivity index (χ0v) is 41.0. The van der Waals surface area contributed by atoms with E-state index < -0.39 is 85.9 Å². The molecule has 75 heavy (non-hydrogen) atoms. The molecular weight excluding hydrogens is 957 g/mol. The van der Waals surface area contributed by atoms with Crippen molar-refractivity contribution in [3.63, 3.8) is 0 Å². The maximum absolute atomic E-state index is 14.3. The third kappa shape index (κ3) is 14.5. The Bertz CT molecular complexity index is 2810. The molecule has 0 amide bonds. The fourth-order valence-electron chi connectivity index (χ4n) is 8.81. The number of hydrogen-bond donors (Lipinski definition) is 1. The average molecular weight is 1020 g/mol. The number of aliphatic hydroxyl groups is 1. The van der Waals surface area contributed by atoms with Crippen molar-refractivity contribution in [1.29, 1.82) is 0 Å². The van der Waals surface area contributed by atoms with E-state index in [9.17, 15) is 19.5 Å². The summed E-state index contributed by atoms with van der Waals surface area (Å²) in [5.74, 6) is -2.36. The molecule has 7 aromatic carbocycles. The van der Waals surface area contributed by atoms with Gasteiger partial charge >= 0.3 is 17.9 Å². The number of rotatable bonds is 22. The Balaban J connectivity index is 1.13. The van der Waals surface area contributed by atoms with Crippen molar-refractivity contribution < 1.29 is 66.9 Å². The Morgan fingerprint density at radius 3 is 1.21 bits per heavy atom. The molecular formula is C61H58O14. The number of esters is 3. The van der Waals surface area contributed by atoms with Gasteiger partial charge in [0, 0.05) is 0 Å². The molecule has 0 radical (unpaired) electrons. The van der Waals surface area contributed by atoms with Crippen molar-refractivity contribution >= 4 is 17.9 Å². The van der Waals surface area contributed by atoms with E-state index in [-0.39, 0.29) is 49.7 Å². The number of aliphatic hydroxyl groups excluding tert-OH is 1. The predicted molar refractivity (Wildman–Crippen MR) is 274 cm³/mol. The lowest BCUT2D eigenvalue weighted by Gasteiger charge is -2.49. The van der Waals surface area contributed by atoms with Crippen LogP contribution in [0.5, 0.6) is 0 Å². The summed E-state index contributed by atoms with van der Waals surface area (Å²) in [5, 5.41) is 12.1. The molecule has 0 aromatic heterocycles. The van der Waals surface area contributed by atoms with Crippen LogP contribution >= 0.6 is 0 Å². The summed E-state index contributed by atoms with van der Waals surface area (Å²) in [6.45, 7) is -0.00955. The van der Waals surface area contributed by atoms with Gasteiger partial charge in [-0.3, -0.25) is 0 Å². The first-order chi connectivity index (χ1) is 36.9. The fourth-order valence-corrected chi connectivity index (χ4v) is 8.81. The first-order valence-corrected chi connectivity index (χ1v) is 24.8. The van der Waals surface area contributed by atoms with E-state index in [0.717, 1.165) is 22.3 Å². The summed E-state index contributed by atoms with van der Waals surface area (Å²) >= 11 is 0. The van der Waals surface area contributed by atoms with E-state index in [0.29, 0.717) is 0 Å². The first-order valence-electron chi connectivity index (χ1n) is 24.8. The molecule has 0 unspecified atom stereocenters. The largest absolute Gasteiger partial charge is 0.459 e. The molecule has 7 aromatic rings. The SMILES string of the molecule is O=C(OC[C@H]1O[C@H](O)[C@H](OC(=O)c2ccccc2)[C@@H](O[C@H]2O[C@H](COCc3ccccc3)[C@H](OCc3ccccc3)[C@H](OCc3ccccc3)[C@H]2OCc2ccccc2)[C@H]1OC(=O)c1ccccc1)c1ccccc1. The minimum atomic E-state index is -1.93. The lowest BCUT2D eigenvalue weighted by molar-refractivity contribution is -0.366. The third-order valence-electron chi connectivity index (χ3n) is 12.6. The van der Waals surface area contributed by atoms with Gasteiger partial charge in [-0.2, -0.15) is 0 Å². The molecule has 2 aliphatic rings. The number of ether oxygens (including phenoxy) is 10. The molecule has 0 aliphatic carbocycles. The second-order valence-electron chi connectivity index (χ2n) is 17.9. The van der Waals surface area contributed by atoms with Crippen LogP contribution in [0.1, 0.15) is 53.3 Å². The first kappa shape index (κ1) is 52.5. The highest BCUT2D eigenvalue weighted by Crippen LogP contribution is 2.36. The molecule has 14 heteroatoms. The molecule has 2 heterocycles. The van der Waals surface area contributed by atoms with Crippen molar-refractivity contribution in [2.45, 2.75) is 87.8 Å². The van der Waals surface area contributed by atoms with Crippen molar-refractivity contribution in [2.24, 2.45) is 0 Å². The zero-order chi connectivity index (χ0) is 51.6. The van der Waals surface area contributed by atoms with Crippen LogP contribution in [0.2, 0.25) is 0 Å². The van der Waals surface area contributed by atoms with Gasteiger partial charge in [-0.1, -0.05) is 176 Å². The smallest absolute Gasteiger partial charge is 0.338 e. The summed E-state index contributed by atoms with van der Waals surface area (Å²) in [7, 11) is 0. The van der Waals surface area contributed by atoms with E-state index in [1.165, 1.54) is 0 Å². The van der Waals surface area contributed by atoms with Crippen LogP contribution in [0.3, 0.4) is 0 Å².